The summed E-state index contributed by atoms with van der Waals surface area (Å²) in [7, 11) is -1.15. The van der Waals surface area contributed by atoms with E-state index in [9.17, 15) is 9.00 Å². The lowest BCUT2D eigenvalue weighted by Crippen LogP contribution is -2.29. The minimum atomic E-state index is -1.15. The summed E-state index contributed by atoms with van der Waals surface area (Å²) in [5.74, 6) is 1.87. The molecule has 36 heavy (non-hydrogen) atoms. The number of carbonyl (C=O) groups is 1. The van der Waals surface area contributed by atoms with Gasteiger partial charge >= 0.3 is 0 Å². The maximum atomic E-state index is 13.3. The van der Waals surface area contributed by atoms with Crippen molar-refractivity contribution in [3.05, 3.63) is 66.2 Å². The Hall–Kier alpha value is -3.23. The number of anilines is 1. The predicted molar refractivity (Wildman–Crippen MR) is 138 cm³/mol. The molecule has 1 saturated heterocycles. The molecule has 3 heterocycles. The van der Waals surface area contributed by atoms with E-state index in [4.69, 9.17) is 9.47 Å². The molecule has 7 nitrogen and oxygen atoms in total. The number of fused-ring (bicyclic) bond motifs is 1. The minimum Gasteiger partial charge on any atom is -0.486 e. The Labute approximate surface area is 213 Å². The molecular formula is C28H29N3O4S. The highest BCUT2D eigenvalue weighted by Gasteiger charge is 2.51. The standard InChI is InChI=1S/C28H29N3O4S/c1-19-4-3-15-31(19)36(33)22-10-7-20(8-11-22)23-5-2-6-26(29-23)30-27(32)28(13-14-28)21-9-12-24-25(18-21)35-17-16-34-24/h2,5-12,18-19H,3-4,13-17H2,1H3,(H,29,30,32)/t19-,36?/m0/s1. The van der Waals surface area contributed by atoms with E-state index in [0.29, 0.717) is 30.8 Å². The van der Waals surface area contributed by atoms with Crippen molar-refractivity contribution in [3.8, 4) is 22.8 Å². The van der Waals surface area contributed by atoms with Gasteiger partial charge in [-0.15, -0.1) is 0 Å². The fraction of sp³-hybridized carbons (Fsp3) is 0.357. The summed E-state index contributed by atoms with van der Waals surface area (Å²) in [5, 5.41) is 3.03. The lowest BCUT2D eigenvalue weighted by atomic mass is 9.94. The number of nitrogens with zero attached hydrogens (tertiary/aromatic N) is 2. The first-order valence-corrected chi connectivity index (χ1v) is 13.6. The van der Waals surface area contributed by atoms with Gasteiger partial charge in [-0.1, -0.05) is 24.3 Å². The SMILES string of the molecule is C[C@H]1CCCN1S(=O)c1ccc(-c2cccc(NC(=O)C3(c4ccc5c(c4)OCCO5)CC3)n2)cc1. The molecule has 0 bridgehead atoms. The maximum Gasteiger partial charge on any atom is 0.236 e. The maximum absolute atomic E-state index is 13.3. The summed E-state index contributed by atoms with van der Waals surface area (Å²) >= 11 is 0. The summed E-state index contributed by atoms with van der Waals surface area (Å²) < 4.78 is 26.3. The Morgan fingerprint density at radius 1 is 1.06 bits per heavy atom. The summed E-state index contributed by atoms with van der Waals surface area (Å²) in [6, 6.07) is 19.4. The van der Waals surface area contributed by atoms with Gasteiger partial charge in [0.15, 0.2) is 11.5 Å². The summed E-state index contributed by atoms with van der Waals surface area (Å²) in [5.41, 5.74) is 2.04. The van der Waals surface area contributed by atoms with Crippen LogP contribution in [-0.4, -0.2) is 45.2 Å². The van der Waals surface area contributed by atoms with Gasteiger partial charge in [0.05, 0.1) is 16.0 Å². The molecule has 1 aliphatic carbocycles. The zero-order valence-corrected chi connectivity index (χ0v) is 21.1. The fourth-order valence-corrected chi connectivity index (χ4v) is 6.41. The second kappa shape index (κ2) is 9.33. The number of hydrogen-bond donors (Lipinski definition) is 1. The van der Waals surface area contributed by atoms with Crippen LogP contribution in [0.1, 0.15) is 38.2 Å². The van der Waals surface area contributed by atoms with E-state index >= 15 is 0 Å². The van der Waals surface area contributed by atoms with Crippen LogP contribution >= 0.6 is 0 Å². The summed E-state index contributed by atoms with van der Waals surface area (Å²) in [4.78, 5) is 18.8. The molecule has 2 aromatic carbocycles. The molecule has 2 atom stereocenters. The van der Waals surface area contributed by atoms with E-state index in [1.54, 1.807) is 6.07 Å². The van der Waals surface area contributed by atoms with Crippen LogP contribution in [0, 0.1) is 0 Å². The van der Waals surface area contributed by atoms with Gasteiger partial charge < -0.3 is 14.8 Å². The van der Waals surface area contributed by atoms with Crippen LogP contribution in [0.4, 0.5) is 5.82 Å². The molecule has 1 N–H and O–H groups in total. The molecule has 1 unspecified atom stereocenters. The van der Waals surface area contributed by atoms with Crippen LogP contribution in [0.3, 0.4) is 0 Å². The average Bonchev–Trinajstić information content (AvgIpc) is 3.63. The molecular weight excluding hydrogens is 474 g/mol. The van der Waals surface area contributed by atoms with Crippen molar-refractivity contribution in [3.63, 3.8) is 0 Å². The Balaban J connectivity index is 1.17. The normalized spacial score (nSPS) is 21.1. The number of ether oxygens (including phenoxy) is 2. The number of benzene rings is 2. The molecule has 6 rings (SSSR count). The van der Waals surface area contributed by atoms with E-state index in [-0.39, 0.29) is 5.91 Å². The van der Waals surface area contributed by atoms with Gasteiger partial charge in [0.25, 0.3) is 0 Å². The topological polar surface area (TPSA) is 80.8 Å². The van der Waals surface area contributed by atoms with E-state index in [0.717, 1.165) is 59.7 Å². The molecule has 2 fully saturated rings. The number of hydrogen-bond acceptors (Lipinski definition) is 5. The van der Waals surface area contributed by atoms with Crippen LogP contribution in [0.2, 0.25) is 0 Å². The predicted octanol–water partition coefficient (Wildman–Crippen LogP) is 4.70. The van der Waals surface area contributed by atoms with Gasteiger partial charge in [-0.05, 0) is 74.6 Å². The number of pyridine rings is 1. The van der Waals surface area contributed by atoms with Crippen LogP contribution in [0.25, 0.3) is 11.3 Å². The van der Waals surface area contributed by atoms with E-state index in [2.05, 4.69) is 21.5 Å². The molecule has 2 aliphatic heterocycles. The van der Waals surface area contributed by atoms with Crippen molar-refractivity contribution in [2.45, 2.75) is 49.0 Å². The fourth-order valence-electron chi connectivity index (χ4n) is 5.04. The smallest absolute Gasteiger partial charge is 0.236 e. The van der Waals surface area contributed by atoms with Gasteiger partial charge in [-0.3, -0.25) is 4.79 Å². The second-order valence-electron chi connectivity index (χ2n) is 9.71. The van der Waals surface area contributed by atoms with Gasteiger partial charge in [0.1, 0.15) is 30.0 Å². The Kier molecular flexibility index (Phi) is 6.01. The Bertz CT molecular complexity index is 1320. The molecule has 1 amide bonds. The first-order chi connectivity index (χ1) is 17.5. The van der Waals surface area contributed by atoms with Crippen molar-refractivity contribution >= 4 is 22.7 Å². The van der Waals surface area contributed by atoms with E-state index in [1.165, 1.54) is 0 Å². The highest BCUT2D eigenvalue weighted by molar-refractivity contribution is 7.82. The molecule has 8 heteroatoms. The lowest BCUT2D eigenvalue weighted by Gasteiger charge is -2.21. The molecule has 0 radical (unpaired) electrons. The quantitative estimate of drug-likeness (QED) is 0.528. The zero-order chi connectivity index (χ0) is 24.7. The zero-order valence-electron chi connectivity index (χ0n) is 20.2. The van der Waals surface area contributed by atoms with Gasteiger partial charge in [0, 0.05) is 18.2 Å². The Morgan fingerprint density at radius 3 is 2.56 bits per heavy atom. The number of amides is 1. The molecule has 186 valence electrons. The number of aromatic nitrogens is 1. The second-order valence-corrected chi connectivity index (χ2v) is 11.1. The third-order valence-corrected chi connectivity index (χ3v) is 8.97. The number of carbonyl (C=O) groups excluding carboxylic acids is 1. The minimum absolute atomic E-state index is 0.0608. The monoisotopic (exact) mass is 503 g/mol. The van der Waals surface area contributed by atoms with Crippen molar-refractivity contribution < 1.29 is 18.5 Å². The highest BCUT2D eigenvalue weighted by Crippen LogP contribution is 2.50. The van der Waals surface area contributed by atoms with Crippen molar-refractivity contribution in [2.24, 2.45) is 0 Å². The van der Waals surface area contributed by atoms with Crippen molar-refractivity contribution in [1.29, 1.82) is 0 Å². The molecule has 1 aromatic heterocycles. The lowest BCUT2D eigenvalue weighted by molar-refractivity contribution is -0.118. The van der Waals surface area contributed by atoms with Crippen LogP contribution in [-0.2, 0) is 21.2 Å². The largest absolute Gasteiger partial charge is 0.486 e. The van der Waals surface area contributed by atoms with E-state index in [1.807, 2.05) is 54.6 Å². The highest BCUT2D eigenvalue weighted by atomic mass is 32.2. The van der Waals surface area contributed by atoms with Crippen LogP contribution in [0.5, 0.6) is 11.5 Å². The number of rotatable bonds is 6. The van der Waals surface area contributed by atoms with E-state index < -0.39 is 16.4 Å². The van der Waals surface area contributed by atoms with Crippen LogP contribution in [0.15, 0.2) is 65.6 Å². The first-order valence-electron chi connectivity index (χ1n) is 12.5. The molecule has 3 aliphatic rings. The Morgan fingerprint density at radius 2 is 1.83 bits per heavy atom. The summed E-state index contributed by atoms with van der Waals surface area (Å²) in [6.45, 7) is 4.05. The molecule has 0 spiro atoms. The van der Waals surface area contributed by atoms with Gasteiger partial charge in [-0.25, -0.2) is 13.5 Å². The molecule has 1 saturated carbocycles. The third-order valence-electron chi connectivity index (χ3n) is 7.33. The van der Waals surface area contributed by atoms with Crippen molar-refractivity contribution in [2.75, 3.05) is 25.1 Å². The van der Waals surface area contributed by atoms with Gasteiger partial charge in [0.2, 0.25) is 5.91 Å². The first kappa shape index (κ1) is 23.2. The number of nitrogens with one attached hydrogen (secondary N) is 1. The molecule has 3 aromatic rings. The third kappa shape index (κ3) is 4.29. The summed E-state index contributed by atoms with van der Waals surface area (Å²) in [6.07, 6.45) is 3.74. The van der Waals surface area contributed by atoms with Crippen molar-refractivity contribution in [1.82, 2.24) is 9.29 Å². The van der Waals surface area contributed by atoms with Gasteiger partial charge in [-0.2, -0.15) is 0 Å². The van der Waals surface area contributed by atoms with Crippen LogP contribution < -0.4 is 14.8 Å². The average molecular weight is 504 g/mol.